The van der Waals surface area contributed by atoms with E-state index in [1.54, 1.807) is 0 Å². The average Bonchev–Trinajstić information content (AvgIpc) is 4.29. The standard InChI is InChI=1S/C19H20N2.C17H22N2.C16H22N2.C15H20N2/c1-15(2)17-9-6-10-18(11-17)19-12-20-21(14-19)13-16-7-4-3-5-8-16;1-13(2)14-6-5-7-15(10-14)16-11-18-19(12-16)17-8-3-4-9-17;1-12(2)10-18-11-16(9-17-18)15-7-5-6-14(8-15)13(3)4;1-11(2)13-6-5-7-14(8-13)15-9-16-17(10-15)12(3)4/h3-12,14-15H,13H2,1-2H3;5-7,10-13,17H,3-4,8-9H2,1-2H3;5-9,11-13H,10H2,1-4H3;5-12H,1-4H3. The van der Waals surface area contributed by atoms with Crippen molar-refractivity contribution in [1.29, 1.82) is 0 Å². The summed E-state index contributed by atoms with van der Waals surface area (Å²) in [4.78, 5) is 0. The van der Waals surface area contributed by atoms with Crippen LogP contribution in [-0.2, 0) is 13.1 Å². The Morgan fingerprint density at radius 1 is 0.400 bits per heavy atom. The van der Waals surface area contributed by atoms with Gasteiger partial charge >= 0.3 is 0 Å². The van der Waals surface area contributed by atoms with Gasteiger partial charge in [-0.15, -0.1) is 0 Å². The highest BCUT2D eigenvalue weighted by Crippen LogP contribution is 2.32. The fourth-order valence-electron chi connectivity index (χ4n) is 9.29. The van der Waals surface area contributed by atoms with Crippen LogP contribution in [0.15, 0.2) is 177 Å². The summed E-state index contributed by atoms with van der Waals surface area (Å²) in [6.45, 7) is 28.3. The molecule has 1 aliphatic carbocycles. The van der Waals surface area contributed by atoms with E-state index >= 15 is 0 Å². The summed E-state index contributed by atoms with van der Waals surface area (Å²) in [6, 6.07) is 46.4. The van der Waals surface area contributed by atoms with Crippen LogP contribution in [-0.4, -0.2) is 39.1 Å². The zero-order valence-electron chi connectivity index (χ0n) is 47.1. The molecule has 5 aromatic carbocycles. The lowest BCUT2D eigenvalue weighted by Gasteiger charge is -2.09. The minimum Gasteiger partial charge on any atom is -0.272 e. The van der Waals surface area contributed by atoms with E-state index in [2.05, 4.69) is 254 Å². The fourth-order valence-corrected chi connectivity index (χ4v) is 9.29. The summed E-state index contributed by atoms with van der Waals surface area (Å²) in [5.41, 5.74) is 16.6. The molecule has 10 rings (SSSR count). The number of aromatic nitrogens is 8. The molecule has 9 aromatic rings. The highest BCUT2D eigenvalue weighted by Gasteiger charge is 2.18. The van der Waals surface area contributed by atoms with Crippen molar-refractivity contribution in [2.24, 2.45) is 5.92 Å². The van der Waals surface area contributed by atoms with Gasteiger partial charge in [0.25, 0.3) is 0 Å². The molecule has 0 amide bonds. The van der Waals surface area contributed by atoms with E-state index < -0.39 is 0 Å². The molecule has 0 spiro atoms. The third-order valence-electron chi connectivity index (χ3n) is 14.0. The molecule has 75 heavy (non-hydrogen) atoms. The molecule has 0 atom stereocenters. The van der Waals surface area contributed by atoms with Crippen LogP contribution >= 0.6 is 0 Å². The Labute approximate surface area is 449 Å². The monoisotopic (exact) mass is 1000 g/mol. The Kier molecular flexibility index (Phi) is 20.0. The van der Waals surface area contributed by atoms with Gasteiger partial charge in [-0.05, 0) is 106 Å². The van der Waals surface area contributed by atoms with E-state index in [9.17, 15) is 0 Å². The van der Waals surface area contributed by atoms with Crippen molar-refractivity contribution < 1.29 is 0 Å². The van der Waals surface area contributed by atoms with Crippen LogP contribution in [0.2, 0.25) is 0 Å². The van der Waals surface area contributed by atoms with E-state index in [-0.39, 0.29) is 0 Å². The van der Waals surface area contributed by atoms with E-state index in [0.717, 1.165) is 13.1 Å². The van der Waals surface area contributed by atoms with Crippen LogP contribution in [0, 0.1) is 5.92 Å². The van der Waals surface area contributed by atoms with Crippen LogP contribution in [0.25, 0.3) is 44.5 Å². The Bertz CT molecular complexity index is 3100. The molecule has 4 heterocycles. The largest absolute Gasteiger partial charge is 0.272 e. The second-order valence-corrected chi connectivity index (χ2v) is 22.3. The van der Waals surface area contributed by atoms with Gasteiger partial charge in [-0.2, -0.15) is 20.4 Å². The molecule has 1 saturated carbocycles. The van der Waals surface area contributed by atoms with Gasteiger partial charge < -0.3 is 0 Å². The summed E-state index contributed by atoms with van der Waals surface area (Å²) >= 11 is 0. The van der Waals surface area contributed by atoms with Crippen molar-refractivity contribution in [3.63, 3.8) is 0 Å². The Morgan fingerprint density at radius 3 is 1.23 bits per heavy atom. The number of nitrogens with zero attached hydrogens (tertiary/aromatic N) is 8. The average molecular weight is 1000 g/mol. The SMILES string of the molecule is CC(C)Cn1cc(-c2cccc(C(C)C)c2)cn1.CC(C)c1cccc(-c2cnn(C(C)C)c2)c1.CC(C)c1cccc(-c2cnn(C3CCCC3)c2)c1.CC(C)c1cccc(-c2cnn(Cc3ccccc3)c2)c1. The number of rotatable bonds is 14. The van der Waals surface area contributed by atoms with Crippen LogP contribution < -0.4 is 0 Å². The third-order valence-corrected chi connectivity index (χ3v) is 14.0. The van der Waals surface area contributed by atoms with Gasteiger partial charge in [0, 0.05) is 59.6 Å². The van der Waals surface area contributed by atoms with Crippen molar-refractivity contribution in [2.45, 2.75) is 158 Å². The van der Waals surface area contributed by atoms with Crippen LogP contribution in [0.3, 0.4) is 0 Å². The summed E-state index contributed by atoms with van der Waals surface area (Å²) < 4.78 is 8.19. The lowest BCUT2D eigenvalue weighted by molar-refractivity contribution is 0.467. The first-order valence-corrected chi connectivity index (χ1v) is 27.7. The first kappa shape index (κ1) is 55.7. The molecule has 0 saturated heterocycles. The number of benzene rings is 5. The topological polar surface area (TPSA) is 71.3 Å². The molecule has 1 fully saturated rings. The van der Waals surface area contributed by atoms with Crippen molar-refractivity contribution in [2.75, 3.05) is 0 Å². The predicted molar refractivity (Wildman–Crippen MR) is 315 cm³/mol. The highest BCUT2D eigenvalue weighted by atomic mass is 15.3. The van der Waals surface area contributed by atoms with Gasteiger partial charge in [-0.3, -0.25) is 18.7 Å². The Morgan fingerprint density at radius 2 is 0.800 bits per heavy atom. The lowest BCUT2D eigenvalue weighted by atomic mass is 9.99. The molecule has 392 valence electrons. The molecular formula is C67H84N8. The molecule has 1 aliphatic rings. The Balaban J connectivity index is 0.000000146. The second-order valence-electron chi connectivity index (χ2n) is 22.3. The van der Waals surface area contributed by atoms with Crippen LogP contribution in [0.4, 0.5) is 0 Å². The van der Waals surface area contributed by atoms with Gasteiger partial charge in [0.2, 0.25) is 0 Å². The highest BCUT2D eigenvalue weighted by molar-refractivity contribution is 5.65. The van der Waals surface area contributed by atoms with Crippen molar-refractivity contribution in [3.05, 3.63) is 205 Å². The van der Waals surface area contributed by atoms with E-state index in [0.29, 0.717) is 41.7 Å². The maximum atomic E-state index is 4.57. The van der Waals surface area contributed by atoms with E-state index in [4.69, 9.17) is 0 Å². The maximum absolute atomic E-state index is 4.57. The van der Waals surface area contributed by atoms with Gasteiger partial charge in [-0.1, -0.05) is 209 Å². The van der Waals surface area contributed by atoms with Crippen LogP contribution in [0.1, 0.15) is 172 Å². The molecule has 0 N–H and O–H groups in total. The molecular weight excluding hydrogens is 917 g/mol. The minimum atomic E-state index is 0.414. The molecule has 8 heteroatoms. The molecule has 0 unspecified atom stereocenters. The zero-order chi connectivity index (χ0) is 53.4. The van der Waals surface area contributed by atoms with Gasteiger partial charge in [-0.25, -0.2) is 0 Å². The number of hydrogen-bond acceptors (Lipinski definition) is 4. The number of hydrogen-bond donors (Lipinski definition) is 0. The van der Waals surface area contributed by atoms with Gasteiger partial charge in [0.1, 0.15) is 0 Å². The first-order chi connectivity index (χ1) is 36.1. The minimum absolute atomic E-state index is 0.414. The maximum Gasteiger partial charge on any atom is 0.0659 e. The normalized spacial score (nSPS) is 12.6. The van der Waals surface area contributed by atoms with Crippen molar-refractivity contribution in [3.8, 4) is 44.5 Å². The van der Waals surface area contributed by atoms with Gasteiger partial charge in [0.15, 0.2) is 0 Å². The molecule has 8 nitrogen and oxygen atoms in total. The van der Waals surface area contributed by atoms with Crippen LogP contribution in [0.5, 0.6) is 0 Å². The molecule has 0 aliphatic heterocycles. The quantitative estimate of drug-likeness (QED) is 0.109. The molecule has 4 aromatic heterocycles. The van der Waals surface area contributed by atoms with E-state index in [1.165, 1.54) is 98.0 Å². The predicted octanol–water partition coefficient (Wildman–Crippen LogP) is 18.1. The summed E-state index contributed by atoms with van der Waals surface area (Å²) in [6.07, 6.45) is 21.7. The van der Waals surface area contributed by atoms with Crippen molar-refractivity contribution in [1.82, 2.24) is 39.1 Å². The fraction of sp³-hybridized carbons (Fsp3) is 0.373. The summed E-state index contributed by atoms with van der Waals surface area (Å²) in [5, 5.41) is 17.9. The first-order valence-electron chi connectivity index (χ1n) is 27.7. The summed E-state index contributed by atoms with van der Waals surface area (Å²) in [5.74, 6) is 2.87. The molecule has 0 radical (unpaired) electrons. The van der Waals surface area contributed by atoms with Crippen molar-refractivity contribution >= 4 is 0 Å². The second kappa shape index (κ2) is 26.9. The zero-order valence-corrected chi connectivity index (χ0v) is 47.1. The lowest BCUT2D eigenvalue weighted by Crippen LogP contribution is -2.04. The third kappa shape index (κ3) is 16.2. The smallest absolute Gasteiger partial charge is 0.0659 e. The Hall–Kier alpha value is -7.06. The van der Waals surface area contributed by atoms with Gasteiger partial charge in [0.05, 0.1) is 37.4 Å². The van der Waals surface area contributed by atoms with E-state index in [1.807, 2.05) is 44.9 Å². The molecule has 0 bridgehead atoms. The summed E-state index contributed by atoms with van der Waals surface area (Å²) in [7, 11) is 0.